The van der Waals surface area contributed by atoms with Crippen molar-refractivity contribution in [1.29, 1.82) is 0 Å². The molecule has 6 heteroatoms. The highest BCUT2D eigenvalue weighted by atomic mass is 35.5. The molecule has 1 rings (SSSR count). The lowest BCUT2D eigenvalue weighted by molar-refractivity contribution is 0.00628. The van der Waals surface area contributed by atoms with Gasteiger partial charge in [0.1, 0.15) is 5.60 Å². The maximum absolute atomic E-state index is 11.7. The van der Waals surface area contributed by atoms with E-state index in [4.69, 9.17) is 21.4 Å². The molecule has 0 radical (unpaired) electrons. The molecule has 0 aliphatic rings. The van der Waals surface area contributed by atoms with Crippen LogP contribution in [0.3, 0.4) is 0 Å². The Morgan fingerprint density at radius 1 is 1.29 bits per heavy atom. The Balaban J connectivity index is 3.06. The molecule has 5 nitrogen and oxygen atoms in total. The van der Waals surface area contributed by atoms with Gasteiger partial charge in [-0.3, -0.25) is 0 Å². The zero-order valence-electron chi connectivity index (χ0n) is 9.65. The second-order valence-corrected chi connectivity index (χ2v) is 4.80. The fourth-order valence-corrected chi connectivity index (χ4v) is 1.25. The van der Waals surface area contributed by atoms with E-state index >= 15 is 0 Å². The molecule has 1 aromatic rings. The van der Waals surface area contributed by atoms with Gasteiger partial charge in [-0.25, -0.2) is 14.6 Å². The molecule has 17 heavy (non-hydrogen) atoms. The highest BCUT2D eigenvalue weighted by molar-refractivity contribution is 6.31. The first-order valence-electron chi connectivity index (χ1n) is 4.83. The number of carbonyl (C=O) groups excluding carboxylic acids is 1. The Hall–Kier alpha value is -1.62. The van der Waals surface area contributed by atoms with Crippen LogP contribution in [-0.4, -0.2) is 27.6 Å². The summed E-state index contributed by atoms with van der Waals surface area (Å²) >= 11 is 5.70. The van der Waals surface area contributed by atoms with E-state index in [9.17, 15) is 9.59 Å². The summed E-state index contributed by atoms with van der Waals surface area (Å²) in [6.45, 7) is 5.11. The molecule has 0 bridgehead atoms. The number of pyridine rings is 1. The van der Waals surface area contributed by atoms with Crippen LogP contribution in [0.25, 0.3) is 0 Å². The van der Waals surface area contributed by atoms with E-state index in [1.807, 2.05) is 0 Å². The molecule has 0 saturated heterocycles. The average molecular weight is 258 g/mol. The summed E-state index contributed by atoms with van der Waals surface area (Å²) in [6, 6.07) is 2.43. The van der Waals surface area contributed by atoms with Crippen molar-refractivity contribution >= 4 is 23.5 Å². The second kappa shape index (κ2) is 4.71. The molecule has 0 aliphatic carbocycles. The fourth-order valence-electron chi connectivity index (χ4n) is 1.04. The molecule has 1 N–H and O–H groups in total. The molecule has 0 aliphatic heterocycles. The third kappa shape index (κ3) is 4.03. The third-order valence-electron chi connectivity index (χ3n) is 1.62. The maximum Gasteiger partial charge on any atom is 0.357 e. The van der Waals surface area contributed by atoms with E-state index in [-0.39, 0.29) is 16.4 Å². The third-order valence-corrected chi connectivity index (χ3v) is 1.84. The lowest BCUT2D eigenvalue weighted by Crippen LogP contribution is -2.24. The quantitative estimate of drug-likeness (QED) is 0.823. The number of ether oxygens (including phenoxy) is 1. The van der Waals surface area contributed by atoms with Gasteiger partial charge in [0.05, 0.1) is 0 Å². The Morgan fingerprint density at radius 2 is 1.82 bits per heavy atom. The number of carboxylic acid groups (broad SMARTS) is 1. The molecule has 0 atom stereocenters. The largest absolute Gasteiger partial charge is 0.477 e. The van der Waals surface area contributed by atoms with E-state index < -0.39 is 17.5 Å². The summed E-state index contributed by atoms with van der Waals surface area (Å²) in [5, 5.41) is 8.90. The van der Waals surface area contributed by atoms with Gasteiger partial charge >= 0.3 is 11.9 Å². The minimum atomic E-state index is -1.25. The number of carboxylic acids is 1. The Kier molecular flexibility index (Phi) is 3.72. The summed E-state index contributed by atoms with van der Waals surface area (Å²) in [7, 11) is 0. The first-order valence-corrected chi connectivity index (χ1v) is 5.21. The predicted molar refractivity (Wildman–Crippen MR) is 61.4 cm³/mol. The monoisotopic (exact) mass is 257 g/mol. The highest BCUT2D eigenvalue weighted by Crippen LogP contribution is 2.15. The van der Waals surface area contributed by atoms with Gasteiger partial charge in [0.2, 0.25) is 0 Å². The smallest absolute Gasteiger partial charge is 0.357 e. The number of nitrogens with zero attached hydrogens (tertiary/aromatic N) is 1. The van der Waals surface area contributed by atoms with Crippen LogP contribution in [0.1, 0.15) is 41.7 Å². The van der Waals surface area contributed by atoms with E-state index in [0.717, 1.165) is 6.07 Å². The van der Waals surface area contributed by atoms with Crippen LogP contribution in [0.5, 0.6) is 0 Å². The van der Waals surface area contributed by atoms with Crippen molar-refractivity contribution in [3.63, 3.8) is 0 Å². The molecular formula is C11H12ClNO4. The first-order chi connectivity index (χ1) is 7.69. The molecule has 1 aromatic heterocycles. The van der Waals surface area contributed by atoms with Crippen LogP contribution >= 0.6 is 11.6 Å². The van der Waals surface area contributed by atoms with Crippen molar-refractivity contribution < 1.29 is 19.4 Å². The number of hydrogen-bond acceptors (Lipinski definition) is 4. The first kappa shape index (κ1) is 13.4. The van der Waals surface area contributed by atoms with Crippen LogP contribution < -0.4 is 0 Å². The van der Waals surface area contributed by atoms with Crippen LogP contribution in [0.2, 0.25) is 5.02 Å². The van der Waals surface area contributed by atoms with Gasteiger partial charge < -0.3 is 9.84 Å². The van der Waals surface area contributed by atoms with Gasteiger partial charge in [0.15, 0.2) is 11.4 Å². The number of aromatic carboxylic acids is 1. The number of carbonyl (C=O) groups is 2. The molecule has 0 unspecified atom stereocenters. The molecule has 92 valence electrons. The number of aromatic nitrogens is 1. The Bertz CT molecular complexity index is 465. The predicted octanol–water partition coefficient (Wildman–Crippen LogP) is 2.39. The van der Waals surface area contributed by atoms with Crippen molar-refractivity contribution in [1.82, 2.24) is 4.98 Å². The van der Waals surface area contributed by atoms with Crippen LogP contribution in [0.15, 0.2) is 12.1 Å². The fraction of sp³-hybridized carbons (Fsp3) is 0.364. The van der Waals surface area contributed by atoms with Crippen LogP contribution in [0.4, 0.5) is 0 Å². The average Bonchev–Trinajstić information content (AvgIpc) is 2.13. The molecule has 0 amide bonds. The van der Waals surface area contributed by atoms with Crippen LogP contribution in [-0.2, 0) is 4.74 Å². The lowest BCUT2D eigenvalue weighted by atomic mass is 10.2. The summed E-state index contributed by atoms with van der Waals surface area (Å²) in [5.41, 5.74) is -1.09. The number of rotatable bonds is 2. The molecule has 0 fully saturated rings. The maximum atomic E-state index is 11.7. The number of hydrogen-bond donors (Lipinski definition) is 1. The van der Waals surface area contributed by atoms with Crippen molar-refractivity contribution in [3.05, 3.63) is 28.5 Å². The highest BCUT2D eigenvalue weighted by Gasteiger charge is 2.20. The van der Waals surface area contributed by atoms with Crippen molar-refractivity contribution in [3.8, 4) is 0 Å². The summed E-state index contributed by atoms with van der Waals surface area (Å²) < 4.78 is 5.06. The zero-order valence-corrected chi connectivity index (χ0v) is 10.4. The van der Waals surface area contributed by atoms with E-state index in [2.05, 4.69) is 4.98 Å². The minimum Gasteiger partial charge on any atom is -0.477 e. The number of halogens is 1. The standard InChI is InChI=1S/C11H12ClNO4/c1-11(2,3)17-10(16)8-5-6(12)4-7(13-8)9(14)15/h4-5H,1-3H3,(H,14,15). The molecule has 1 heterocycles. The van der Waals surface area contributed by atoms with E-state index in [1.54, 1.807) is 20.8 Å². The molecule has 0 spiro atoms. The Labute approximate surface area is 103 Å². The van der Waals surface area contributed by atoms with Gasteiger partial charge in [-0.15, -0.1) is 0 Å². The van der Waals surface area contributed by atoms with Gasteiger partial charge in [-0.05, 0) is 32.9 Å². The van der Waals surface area contributed by atoms with Crippen LogP contribution in [0, 0.1) is 0 Å². The Morgan fingerprint density at radius 3 is 2.29 bits per heavy atom. The van der Waals surface area contributed by atoms with Crippen molar-refractivity contribution in [2.75, 3.05) is 0 Å². The summed E-state index contributed by atoms with van der Waals surface area (Å²) in [5.74, 6) is -1.96. The second-order valence-electron chi connectivity index (χ2n) is 4.36. The summed E-state index contributed by atoms with van der Waals surface area (Å²) in [4.78, 5) is 26.0. The van der Waals surface area contributed by atoms with Gasteiger partial charge in [0.25, 0.3) is 0 Å². The van der Waals surface area contributed by atoms with Gasteiger partial charge in [-0.1, -0.05) is 11.6 Å². The van der Waals surface area contributed by atoms with Crippen molar-refractivity contribution in [2.24, 2.45) is 0 Å². The zero-order chi connectivity index (χ0) is 13.2. The molecule has 0 aromatic carbocycles. The lowest BCUT2D eigenvalue weighted by Gasteiger charge is -2.19. The molecule has 0 saturated carbocycles. The normalized spacial score (nSPS) is 11.1. The minimum absolute atomic E-state index is 0.121. The van der Waals surface area contributed by atoms with E-state index in [1.165, 1.54) is 6.07 Å². The van der Waals surface area contributed by atoms with Gasteiger partial charge in [0, 0.05) is 5.02 Å². The summed E-state index contributed by atoms with van der Waals surface area (Å²) in [6.07, 6.45) is 0. The van der Waals surface area contributed by atoms with Crippen molar-refractivity contribution in [2.45, 2.75) is 26.4 Å². The number of esters is 1. The SMILES string of the molecule is CC(C)(C)OC(=O)c1cc(Cl)cc(C(=O)O)n1. The van der Waals surface area contributed by atoms with Gasteiger partial charge in [-0.2, -0.15) is 0 Å². The molecular weight excluding hydrogens is 246 g/mol. The van der Waals surface area contributed by atoms with E-state index in [0.29, 0.717) is 0 Å². The topological polar surface area (TPSA) is 76.5 Å².